The molecule has 4 rings (SSSR count). The average molecular weight is 1030 g/mol. The van der Waals surface area contributed by atoms with Gasteiger partial charge in [0.25, 0.3) is 5.91 Å². The number of hydrogen-bond acceptors (Lipinski definition) is 13. The molecule has 0 radical (unpaired) electrons. The van der Waals surface area contributed by atoms with Crippen molar-refractivity contribution in [1.29, 1.82) is 0 Å². The van der Waals surface area contributed by atoms with Crippen molar-refractivity contribution in [2.45, 2.75) is 120 Å². The number of carbonyl (C=O) groups is 5. The Morgan fingerprint density at radius 3 is 2.38 bits per heavy atom. The quantitative estimate of drug-likeness (QED) is 0.00787. The molecule has 4 aromatic rings. The lowest BCUT2D eigenvalue weighted by Crippen LogP contribution is -2.48. The predicted molar refractivity (Wildman–Crippen MR) is 296 cm³/mol. The molecule has 7 N–H and O–H groups in total. The van der Waals surface area contributed by atoms with Crippen molar-refractivity contribution < 1.29 is 38.6 Å². The Hall–Kier alpha value is -6.47. The first-order valence-corrected chi connectivity index (χ1v) is 25.7. The Bertz CT molecular complexity index is 2510. The fourth-order valence-corrected chi connectivity index (χ4v) is 8.72. The number of nitrogens with two attached hydrogens (primary N) is 1. The van der Waals surface area contributed by atoms with Crippen LogP contribution in [0.3, 0.4) is 0 Å². The SMILES string of the molecule is C=CC=N/C(=C/c1c(CC(C)(C)COC(C)=O)c2cc(-c3cc(O)cc(CCCCCCNNC=O)c3)ccc2n1CC)C(C)OC.CC.CNC/C=C/C(=O)Nc1cnc(C(=O)N(C)C(C(N)=O)C(C)C)s1. The van der Waals surface area contributed by atoms with Crippen molar-refractivity contribution in [3.63, 3.8) is 0 Å². The number of hydrogen-bond donors (Lipinski definition) is 6. The second-order valence-corrected chi connectivity index (χ2v) is 19.2. The summed E-state index contributed by atoms with van der Waals surface area (Å²) in [7, 11) is 4.96. The molecule has 0 aliphatic carbocycles. The maximum atomic E-state index is 12.4. The predicted octanol–water partition coefficient (Wildman–Crippen LogP) is 8.62. The summed E-state index contributed by atoms with van der Waals surface area (Å²) in [5.74, 6) is -1.46. The number of aromatic hydroxyl groups is 1. The average Bonchev–Trinajstić information content (AvgIpc) is 3.93. The van der Waals surface area contributed by atoms with Gasteiger partial charge >= 0.3 is 5.97 Å². The molecule has 400 valence electrons. The van der Waals surface area contributed by atoms with Crippen LogP contribution in [0.15, 0.2) is 78.1 Å². The van der Waals surface area contributed by atoms with E-state index in [9.17, 15) is 29.1 Å². The molecule has 0 aliphatic rings. The van der Waals surface area contributed by atoms with E-state index in [1.165, 1.54) is 31.1 Å². The van der Waals surface area contributed by atoms with E-state index >= 15 is 0 Å². The Morgan fingerprint density at radius 2 is 1.77 bits per heavy atom. The summed E-state index contributed by atoms with van der Waals surface area (Å²) in [5, 5.41) is 18.0. The van der Waals surface area contributed by atoms with Crippen LogP contribution in [0.5, 0.6) is 5.75 Å². The number of aliphatic imine (C=N–C) groups is 1. The molecule has 2 aromatic heterocycles. The highest BCUT2D eigenvalue weighted by Gasteiger charge is 2.30. The van der Waals surface area contributed by atoms with Crippen molar-refractivity contribution in [3.8, 4) is 16.9 Å². The van der Waals surface area contributed by atoms with Crippen LogP contribution in [0, 0.1) is 11.3 Å². The zero-order valence-electron chi connectivity index (χ0n) is 45.1. The molecule has 18 heteroatoms. The fourth-order valence-electron chi connectivity index (χ4n) is 7.92. The number of benzene rings is 2. The van der Waals surface area contributed by atoms with Crippen LogP contribution in [0.25, 0.3) is 28.1 Å². The highest BCUT2D eigenvalue weighted by molar-refractivity contribution is 7.17. The maximum Gasteiger partial charge on any atom is 0.302 e. The molecule has 2 unspecified atom stereocenters. The summed E-state index contributed by atoms with van der Waals surface area (Å²) < 4.78 is 13.4. The minimum atomic E-state index is -0.719. The van der Waals surface area contributed by atoms with E-state index in [0.717, 1.165) is 101 Å². The minimum absolute atomic E-state index is 0.118. The number of amides is 4. The van der Waals surface area contributed by atoms with Gasteiger partial charge in [-0.3, -0.25) is 34.4 Å². The number of nitrogens with one attached hydrogen (secondary N) is 4. The van der Waals surface area contributed by atoms with E-state index in [0.29, 0.717) is 31.0 Å². The second kappa shape index (κ2) is 32.6. The van der Waals surface area contributed by atoms with E-state index in [1.807, 2.05) is 46.8 Å². The third-order valence-corrected chi connectivity index (χ3v) is 12.3. The van der Waals surface area contributed by atoms with Gasteiger partial charge < -0.3 is 40.4 Å². The molecule has 73 heavy (non-hydrogen) atoms. The zero-order valence-corrected chi connectivity index (χ0v) is 45.9. The summed E-state index contributed by atoms with van der Waals surface area (Å²) in [5.41, 5.74) is 17.4. The standard InChI is InChI=1S/C38H52N4O5.C15H23N5O3S.C2H6/c1-8-17-39-35(27(3)46-7)23-37-34(24-38(5,6)25-47-28(4)44)33-22-30(15-16-36(33)42(37)9-2)31-19-29(20-32(45)21-31)14-12-10-11-13-18-40-41-26-43;1-9(2)12(13(16)22)20(4)15(23)14-18-8-11(24-14)19-10(21)6-5-7-17-3;1-2/h8,15-17,19-23,26-27,40,45H,1,9-14,18,24-25H2,2-7H3,(H,41,43);5-6,8-9,12,17H,7H2,1-4H3,(H2,16,22)(H,19,21);1-2H3/b35-23+,39-17?;6-5+;. The normalized spacial score (nSPS) is 12.4. The molecule has 0 saturated heterocycles. The van der Waals surface area contributed by atoms with E-state index in [1.54, 1.807) is 32.5 Å². The number of anilines is 1. The molecule has 2 heterocycles. The number of aryl methyl sites for hydroxylation is 2. The van der Waals surface area contributed by atoms with Crippen molar-refractivity contribution >= 4 is 69.6 Å². The third-order valence-electron chi connectivity index (χ3n) is 11.4. The lowest BCUT2D eigenvalue weighted by Gasteiger charge is -2.27. The number of allylic oxidation sites excluding steroid dienone is 1. The van der Waals surface area contributed by atoms with Crippen LogP contribution in [0.4, 0.5) is 5.00 Å². The van der Waals surface area contributed by atoms with Gasteiger partial charge in [0.1, 0.15) is 16.8 Å². The van der Waals surface area contributed by atoms with Gasteiger partial charge in [0.15, 0.2) is 5.01 Å². The molecular weight excluding hydrogens is 947 g/mol. The number of thiazole rings is 1. The van der Waals surface area contributed by atoms with Gasteiger partial charge in [-0.1, -0.05) is 96.6 Å². The summed E-state index contributed by atoms with van der Waals surface area (Å²) in [6, 6.07) is 11.6. The molecule has 2 aromatic carbocycles. The topological polar surface area (TPSA) is 232 Å². The molecular formula is C55H81N9O8S. The largest absolute Gasteiger partial charge is 0.508 e. The monoisotopic (exact) mass is 1030 g/mol. The van der Waals surface area contributed by atoms with E-state index in [-0.39, 0.29) is 40.1 Å². The molecule has 17 nitrogen and oxygen atoms in total. The van der Waals surface area contributed by atoms with Gasteiger partial charge in [-0.25, -0.2) is 10.4 Å². The van der Waals surface area contributed by atoms with Crippen LogP contribution in [-0.4, -0.2) is 109 Å². The number of esters is 1. The number of aromatic nitrogens is 2. The van der Waals surface area contributed by atoms with Crippen molar-refractivity contribution in [2.24, 2.45) is 22.1 Å². The van der Waals surface area contributed by atoms with Crippen molar-refractivity contribution in [3.05, 3.63) is 94.9 Å². The van der Waals surface area contributed by atoms with Crippen LogP contribution in [0.2, 0.25) is 0 Å². The van der Waals surface area contributed by atoms with Crippen molar-refractivity contribution in [1.82, 2.24) is 30.6 Å². The number of primary amides is 1. The number of nitrogens with zero attached hydrogens (tertiary/aromatic N) is 4. The summed E-state index contributed by atoms with van der Waals surface area (Å²) in [4.78, 5) is 67.7. The number of likely N-dealkylation sites (N-methyl/N-ethyl adjacent to an activating group) is 2. The van der Waals surface area contributed by atoms with Crippen molar-refractivity contribution in [2.75, 3.05) is 46.2 Å². The number of rotatable bonds is 28. The van der Waals surface area contributed by atoms with E-state index in [4.69, 9.17) is 15.2 Å². The van der Waals surface area contributed by atoms with E-state index < -0.39 is 17.9 Å². The molecule has 0 aliphatic heterocycles. The Balaban J connectivity index is 0.000000589. The number of ether oxygens (including phenoxy) is 2. The smallest absolute Gasteiger partial charge is 0.302 e. The first kappa shape index (κ1) is 62.6. The van der Waals surface area contributed by atoms with Gasteiger partial charge in [0, 0.05) is 75.0 Å². The third kappa shape index (κ3) is 20.5. The van der Waals surface area contributed by atoms with Gasteiger partial charge in [-0.05, 0) is 105 Å². The van der Waals surface area contributed by atoms with Crippen LogP contribution < -0.4 is 27.2 Å². The summed E-state index contributed by atoms with van der Waals surface area (Å²) >= 11 is 1.04. The van der Waals surface area contributed by atoms with Crippen LogP contribution >= 0.6 is 11.3 Å². The number of carbonyl (C=O) groups excluding carboxylic acids is 5. The molecule has 0 spiro atoms. The first-order chi connectivity index (χ1) is 34.8. The Morgan fingerprint density at radius 1 is 1.05 bits per heavy atom. The zero-order chi connectivity index (χ0) is 54.7. The molecule has 0 bridgehead atoms. The van der Waals surface area contributed by atoms with E-state index in [2.05, 4.69) is 93.7 Å². The molecule has 4 amide bonds. The summed E-state index contributed by atoms with van der Waals surface area (Å²) in [6.07, 6.45) is 15.9. The van der Waals surface area contributed by atoms with Gasteiger partial charge in [0.2, 0.25) is 18.2 Å². The highest BCUT2D eigenvalue weighted by atomic mass is 32.1. The highest BCUT2D eigenvalue weighted by Crippen LogP contribution is 2.38. The fraction of sp³-hybridized carbons (Fsp3) is 0.473. The van der Waals surface area contributed by atoms with Gasteiger partial charge in [-0.15, -0.1) is 0 Å². The first-order valence-electron chi connectivity index (χ1n) is 24.9. The minimum Gasteiger partial charge on any atom is -0.508 e. The molecule has 2 atom stereocenters. The number of unbranched alkanes of at least 4 members (excludes halogenated alkanes) is 3. The number of methoxy groups -OCH3 is 1. The number of hydrazine groups is 1. The van der Waals surface area contributed by atoms with Gasteiger partial charge in [-0.2, -0.15) is 0 Å². The Labute approximate surface area is 436 Å². The number of fused-ring (bicyclic) bond motifs is 1. The maximum absolute atomic E-state index is 12.4. The number of phenolic OH excluding ortho intramolecular Hbond substituents is 1. The lowest BCUT2D eigenvalue weighted by molar-refractivity contribution is -0.144. The van der Waals surface area contributed by atoms with Gasteiger partial charge in [0.05, 0.1) is 24.6 Å². The second-order valence-electron chi connectivity index (χ2n) is 18.1. The lowest BCUT2D eigenvalue weighted by atomic mass is 9.85. The van der Waals surface area contributed by atoms with Crippen LogP contribution in [-0.2, 0) is 48.0 Å². The van der Waals surface area contributed by atoms with Crippen LogP contribution in [0.1, 0.15) is 115 Å². The number of phenols is 1. The molecule has 0 fully saturated rings. The molecule has 0 saturated carbocycles. The Kier molecular flexibility index (Phi) is 28.0. The summed E-state index contributed by atoms with van der Waals surface area (Å²) in [6.45, 7) is 23.5.